The zero-order chi connectivity index (χ0) is 9.54. The van der Waals surface area contributed by atoms with Crippen LogP contribution in [-0.4, -0.2) is 17.0 Å². The summed E-state index contributed by atoms with van der Waals surface area (Å²) >= 11 is 0. The monoisotopic (exact) mass is 188 g/mol. The lowest BCUT2D eigenvalue weighted by atomic mass is 9.97. The topological polar surface area (TPSA) is 34.0 Å². The minimum absolute atomic E-state index is 0.110. The molecule has 0 saturated heterocycles. The fourth-order valence-corrected chi connectivity index (χ4v) is 2.30. The summed E-state index contributed by atoms with van der Waals surface area (Å²) in [5.41, 5.74) is 3.94. The van der Waals surface area contributed by atoms with Crippen LogP contribution in [0.5, 0.6) is 0 Å². The molecule has 3 heteroatoms. The van der Waals surface area contributed by atoms with E-state index in [9.17, 15) is 4.79 Å². The number of aryl methyl sites for hydroxylation is 1. The molecule has 72 valence electrons. The Hall–Kier alpha value is -1.51. The maximum Gasteiger partial charge on any atom is 0.240 e. The predicted molar refractivity (Wildman–Crippen MR) is 53.7 cm³/mol. The van der Waals surface area contributed by atoms with E-state index < -0.39 is 0 Å². The lowest BCUT2D eigenvalue weighted by Gasteiger charge is -2.13. The van der Waals surface area contributed by atoms with Gasteiger partial charge in [-0.3, -0.25) is 4.79 Å². The highest BCUT2D eigenvalue weighted by atomic mass is 16.1. The number of rotatable bonds is 0. The number of nitrogens with one attached hydrogen (secondary N) is 1. The summed E-state index contributed by atoms with van der Waals surface area (Å²) in [4.78, 5) is 11.4. The van der Waals surface area contributed by atoms with E-state index in [2.05, 4.69) is 22.0 Å². The van der Waals surface area contributed by atoms with E-state index in [0.29, 0.717) is 13.1 Å². The normalized spacial score (nSPS) is 19.4. The molecule has 1 amide bonds. The number of carbonyl (C=O) groups is 1. The van der Waals surface area contributed by atoms with Crippen LogP contribution in [-0.2, 0) is 17.8 Å². The fourth-order valence-electron chi connectivity index (χ4n) is 2.30. The van der Waals surface area contributed by atoms with Crippen LogP contribution in [0.4, 0.5) is 0 Å². The van der Waals surface area contributed by atoms with E-state index in [0.717, 1.165) is 12.8 Å². The zero-order valence-electron chi connectivity index (χ0n) is 7.92. The smallest absolute Gasteiger partial charge is 0.240 e. The minimum atomic E-state index is 0.110. The minimum Gasteiger partial charge on any atom is -0.350 e. The largest absolute Gasteiger partial charge is 0.350 e. The van der Waals surface area contributed by atoms with E-state index in [1.807, 2.05) is 6.20 Å². The average molecular weight is 188 g/mol. The number of aromatic nitrogens is 1. The number of allylic oxidation sites excluding steroid dienone is 1. The van der Waals surface area contributed by atoms with E-state index in [4.69, 9.17) is 0 Å². The molecule has 0 bridgehead atoms. The van der Waals surface area contributed by atoms with Crippen LogP contribution in [0.25, 0.3) is 5.57 Å². The van der Waals surface area contributed by atoms with Gasteiger partial charge < -0.3 is 9.88 Å². The van der Waals surface area contributed by atoms with Crippen LogP contribution >= 0.6 is 0 Å². The number of amides is 1. The molecular weight excluding hydrogens is 176 g/mol. The van der Waals surface area contributed by atoms with Crippen molar-refractivity contribution in [1.82, 2.24) is 9.88 Å². The van der Waals surface area contributed by atoms with Gasteiger partial charge in [0.05, 0.1) is 0 Å². The molecular formula is C11H12N2O. The Morgan fingerprint density at radius 3 is 3.29 bits per heavy atom. The molecule has 0 radical (unpaired) electrons. The Balaban J connectivity index is 2.18. The Morgan fingerprint density at radius 1 is 1.43 bits per heavy atom. The molecule has 2 heterocycles. The molecule has 3 nitrogen and oxygen atoms in total. The van der Waals surface area contributed by atoms with Crippen molar-refractivity contribution in [2.24, 2.45) is 0 Å². The van der Waals surface area contributed by atoms with Crippen LogP contribution in [0.3, 0.4) is 0 Å². The van der Waals surface area contributed by atoms with Crippen molar-refractivity contribution in [2.75, 3.05) is 6.54 Å². The van der Waals surface area contributed by atoms with Crippen molar-refractivity contribution in [3.63, 3.8) is 0 Å². The Morgan fingerprint density at radius 2 is 2.36 bits per heavy atom. The first-order chi connectivity index (χ1) is 6.84. The first-order valence-electron chi connectivity index (χ1n) is 4.99. The lowest BCUT2D eigenvalue weighted by molar-refractivity contribution is -0.121. The molecule has 1 aliphatic heterocycles. The second-order valence-corrected chi connectivity index (χ2v) is 3.86. The van der Waals surface area contributed by atoms with E-state index >= 15 is 0 Å². The Labute approximate surface area is 82.4 Å². The third-order valence-corrected chi connectivity index (χ3v) is 2.95. The molecule has 0 spiro atoms. The standard InChI is InChI=1S/C11H12N2O/c14-10-7-13-5-4-8-2-1-3-9(6-12-10)11(8)13/h3-5H,1-2,6-7H2,(H,12,14). The quantitative estimate of drug-likeness (QED) is 0.646. The first-order valence-corrected chi connectivity index (χ1v) is 4.99. The van der Waals surface area contributed by atoms with Gasteiger partial charge in [0.15, 0.2) is 0 Å². The van der Waals surface area contributed by atoms with Gasteiger partial charge in [-0.1, -0.05) is 6.08 Å². The number of hydrogen-bond donors (Lipinski definition) is 1. The van der Waals surface area contributed by atoms with Crippen LogP contribution in [0.15, 0.2) is 18.3 Å². The molecule has 1 aliphatic carbocycles. The summed E-state index contributed by atoms with van der Waals surface area (Å²) in [7, 11) is 0. The summed E-state index contributed by atoms with van der Waals surface area (Å²) in [5.74, 6) is 0.110. The highest BCUT2D eigenvalue weighted by Gasteiger charge is 2.21. The van der Waals surface area contributed by atoms with E-state index in [1.54, 1.807) is 0 Å². The van der Waals surface area contributed by atoms with Gasteiger partial charge in [-0.05, 0) is 30.0 Å². The summed E-state index contributed by atoms with van der Waals surface area (Å²) in [6, 6.07) is 2.14. The molecule has 0 fully saturated rings. The lowest BCUT2D eigenvalue weighted by Crippen LogP contribution is -2.25. The van der Waals surface area contributed by atoms with Gasteiger partial charge in [0.25, 0.3) is 0 Å². The molecule has 0 unspecified atom stereocenters. The SMILES string of the molecule is O=C1Cn2ccc3c2C(=CCC3)CN1. The second kappa shape index (κ2) is 2.74. The zero-order valence-corrected chi connectivity index (χ0v) is 7.92. The maximum atomic E-state index is 11.4. The molecule has 1 aromatic heterocycles. The van der Waals surface area contributed by atoms with Crippen molar-refractivity contribution in [3.05, 3.63) is 29.6 Å². The number of carbonyl (C=O) groups excluding carboxylic acids is 1. The number of hydrogen-bond acceptors (Lipinski definition) is 1. The van der Waals surface area contributed by atoms with Gasteiger partial charge in [0, 0.05) is 18.4 Å². The van der Waals surface area contributed by atoms with Crippen molar-refractivity contribution < 1.29 is 4.79 Å². The molecule has 0 atom stereocenters. The molecule has 2 aliphatic rings. The third kappa shape index (κ3) is 1.02. The fraction of sp³-hybridized carbons (Fsp3) is 0.364. The molecule has 0 saturated carbocycles. The highest BCUT2D eigenvalue weighted by Crippen LogP contribution is 2.28. The predicted octanol–water partition coefficient (Wildman–Crippen LogP) is 0.948. The van der Waals surface area contributed by atoms with Gasteiger partial charge in [0.2, 0.25) is 5.91 Å². The van der Waals surface area contributed by atoms with Gasteiger partial charge in [-0.2, -0.15) is 0 Å². The van der Waals surface area contributed by atoms with Crippen molar-refractivity contribution in [2.45, 2.75) is 19.4 Å². The van der Waals surface area contributed by atoms with Gasteiger partial charge >= 0.3 is 0 Å². The summed E-state index contributed by atoms with van der Waals surface area (Å²) in [5, 5.41) is 2.91. The number of nitrogens with zero attached hydrogens (tertiary/aromatic N) is 1. The van der Waals surface area contributed by atoms with E-state index in [-0.39, 0.29) is 5.91 Å². The summed E-state index contributed by atoms with van der Waals surface area (Å²) in [6.45, 7) is 1.16. The molecule has 14 heavy (non-hydrogen) atoms. The van der Waals surface area contributed by atoms with Crippen LogP contribution < -0.4 is 5.32 Å². The van der Waals surface area contributed by atoms with Crippen molar-refractivity contribution in [3.8, 4) is 0 Å². The Bertz CT molecular complexity index is 428. The van der Waals surface area contributed by atoms with Crippen molar-refractivity contribution >= 4 is 11.5 Å². The molecule has 1 N–H and O–H groups in total. The summed E-state index contributed by atoms with van der Waals surface area (Å²) in [6.07, 6.45) is 6.47. The van der Waals surface area contributed by atoms with Crippen LogP contribution in [0.1, 0.15) is 17.7 Å². The Kier molecular flexibility index (Phi) is 1.54. The second-order valence-electron chi connectivity index (χ2n) is 3.86. The third-order valence-electron chi connectivity index (χ3n) is 2.95. The van der Waals surface area contributed by atoms with Crippen molar-refractivity contribution in [1.29, 1.82) is 0 Å². The maximum absolute atomic E-state index is 11.4. The van der Waals surface area contributed by atoms with E-state index in [1.165, 1.54) is 16.8 Å². The molecule has 3 rings (SSSR count). The van der Waals surface area contributed by atoms with Gasteiger partial charge in [-0.15, -0.1) is 0 Å². The van der Waals surface area contributed by atoms with Crippen LogP contribution in [0, 0.1) is 0 Å². The molecule has 0 aromatic carbocycles. The first kappa shape index (κ1) is 7.85. The highest BCUT2D eigenvalue weighted by molar-refractivity contribution is 5.82. The van der Waals surface area contributed by atoms with Crippen LogP contribution in [0.2, 0.25) is 0 Å². The van der Waals surface area contributed by atoms with Gasteiger partial charge in [0.1, 0.15) is 6.54 Å². The average Bonchev–Trinajstić information content (AvgIpc) is 2.51. The summed E-state index contributed by atoms with van der Waals surface area (Å²) < 4.78 is 2.06. The molecule has 1 aromatic rings. The van der Waals surface area contributed by atoms with Gasteiger partial charge in [-0.25, -0.2) is 0 Å².